The van der Waals surface area contributed by atoms with Gasteiger partial charge in [0, 0.05) is 19.0 Å². The number of aromatic nitrogens is 2. The number of hydrogen-bond acceptors (Lipinski definition) is 6. The van der Waals surface area contributed by atoms with Crippen LogP contribution in [0, 0.1) is 5.92 Å². The molecule has 0 saturated carbocycles. The van der Waals surface area contributed by atoms with Gasteiger partial charge < -0.3 is 14.6 Å². The molecule has 1 saturated heterocycles. The summed E-state index contributed by atoms with van der Waals surface area (Å²) in [6.45, 7) is 1.72. The van der Waals surface area contributed by atoms with Crippen LogP contribution in [-0.4, -0.2) is 28.5 Å². The van der Waals surface area contributed by atoms with Gasteiger partial charge in [0.1, 0.15) is 10.5 Å². The largest absolute Gasteiger partial charge is 0.467 e. The van der Waals surface area contributed by atoms with E-state index < -0.39 is 0 Å². The highest BCUT2D eigenvalue weighted by atomic mass is 32.1. The van der Waals surface area contributed by atoms with Gasteiger partial charge in [-0.1, -0.05) is 18.2 Å². The number of carbonyl (C=O) groups is 1. The summed E-state index contributed by atoms with van der Waals surface area (Å²) >= 11 is 1.41. The molecule has 8 heteroatoms. The van der Waals surface area contributed by atoms with E-state index >= 15 is 0 Å². The van der Waals surface area contributed by atoms with Crippen LogP contribution >= 0.6 is 11.3 Å². The second-order valence-corrected chi connectivity index (χ2v) is 8.50. The first-order chi connectivity index (χ1) is 15.2. The number of hydrogen-bond donors (Lipinski definition) is 1. The number of para-hydroxylation sites is 1. The van der Waals surface area contributed by atoms with Crippen LogP contribution in [0.2, 0.25) is 0 Å². The second kappa shape index (κ2) is 8.39. The van der Waals surface area contributed by atoms with Crippen LogP contribution in [0.5, 0.6) is 0 Å². The van der Waals surface area contributed by atoms with E-state index in [9.17, 15) is 9.59 Å². The van der Waals surface area contributed by atoms with Gasteiger partial charge in [-0.3, -0.25) is 9.59 Å². The third kappa shape index (κ3) is 3.86. The highest BCUT2D eigenvalue weighted by molar-refractivity contribution is 7.17. The lowest BCUT2D eigenvalue weighted by Gasteiger charge is -2.33. The maximum Gasteiger partial charge on any atom is 0.277 e. The molecule has 7 nitrogen and oxygen atoms in total. The number of benzene rings is 1. The molecule has 1 fully saturated rings. The quantitative estimate of drug-likeness (QED) is 0.519. The lowest BCUT2D eigenvalue weighted by molar-refractivity contribution is -0.125. The Morgan fingerprint density at radius 2 is 1.94 bits per heavy atom. The minimum Gasteiger partial charge on any atom is -0.467 e. The monoisotopic (exact) mass is 434 g/mol. The van der Waals surface area contributed by atoms with E-state index in [1.54, 1.807) is 10.8 Å². The molecule has 158 valence electrons. The van der Waals surface area contributed by atoms with Gasteiger partial charge in [-0.05, 0) is 48.6 Å². The van der Waals surface area contributed by atoms with Crippen molar-refractivity contribution in [3.05, 3.63) is 76.3 Å². The summed E-state index contributed by atoms with van der Waals surface area (Å²) in [5, 5.41) is 4.85. The summed E-state index contributed by atoms with van der Waals surface area (Å²) in [7, 11) is 0. The molecule has 0 unspecified atom stereocenters. The number of amides is 1. The molecule has 0 radical (unpaired) electrons. The van der Waals surface area contributed by atoms with Crippen LogP contribution in [0.4, 0.5) is 5.95 Å². The Morgan fingerprint density at radius 3 is 2.68 bits per heavy atom. The van der Waals surface area contributed by atoms with E-state index in [2.05, 4.69) is 10.2 Å². The third-order valence-corrected chi connectivity index (χ3v) is 6.53. The zero-order valence-corrected chi connectivity index (χ0v) is 17.7. The number of piperidine rings is 1. The Bertz CT molecular complexity index is 1240. The average Bonchev–Trinajstić information content (AvgIpc) is 3.50. The zero-order chi connectivity index (χ0) is 21.2. The summed E-state index contributed by atoms with van der Waals surface area (Å²) in [5.74, 6) is 1.35. The number of anilines is 1. The minimum atomic E-state index is -0.0620. The van der Waals surface area contributed by atoms with Crippen LogP contribution in [0.15, 0.2) is 69.4 Å². The maximum absolute atomic E-state index is 13.3. The number of furan rings is 1. The molecule has 0 aliphatic carbocycles. The Kier molecular flexibility index (Phi) is 5.30. The maximum atomic E-state index is 13.3. The van der Waals surface area contributed by atoms with Gasteiger partial charge in [0.05, 0.1) is 24.0 Å². The summed E-state index contributed by atoms with van der Waals surface area (Å²) < 4.78 is 7.62. The fourth-order valence-electron chi connectivity index (χ4n) is 4.00. The molecule has 1 aromatic carbocycles. The molecule has 4 heterocycles. The van der Waals surface area contributed by atoms with Crippen molar-refractivity contribution in [3.8, 4) is 5.69 Å². The van der Waals surface area contributed by atoms with E-state index in [4.69, 9.17) is 9.40 Å². The van der Waals surface area contributed by atoms with Crippen LogP contribution in [0.3, 0.4) is 0 Å². The van der Waals surface area contributed by atoms with Gasteiger partial charge in [-0.2, -0.15) is 0 Å². The van der Waals surface area contributed by atoms with Crippen molar-refractivity contribution in [3.63, 3.8) is 0 Å². The smallest absolute Gasteiger partial charge is 0.277 e. The molecule has 31 heavy (non-hydrogen) atoms. The Hall–Kier alpha value is -3.39. The van der Waals surface area contributed by atoms with Crippen LogP contribution < -0.4 is 15.8 Å². The molecular formula is C23H22N4O3S. The fourth-order valence-corrected chi connectivity index (χ4v) is 4.76. The highest BCUT2D eigenvalue weighted by Crippen LogP contribution is 2.26. The minimum absolute atomic E-state index is 0.0396. The molecule has 1 N–H and O–H groups in total. The van der Waals surface area contributed by atoms with Crippen LogP contribution in [0.1, 0.15) is 18.6 Å². The van der Waals surface area contributed by atoms with E-state index in [1.165, 1.54) is 11.3 Å². The molecule has 0 spiro atoms. The van der Waals surface area contributed by atoms with Crippen LogP contribution in [0.25, 0.3) is 15.9 Å². The van der Waals surface area contributed by atoms with Crippen molar-refractivity contribution in [2.75, 3.05) is 18.0 Å². The van der Waals surface area contributed by atoms with Gasteiger partial charge in [0.2, 0.25) is 11.9 Å². The fraction of sp³-hybridized carbons (Fsp3) is 0.261. The zero-order valence-electron chi connectivity index (χ0n) is 16.9. The first-order valence-electron chi connectivity index (χ1n) is 10.3. The number of thiophene rings is 1. The van der Waals surface area contributed by atoms with E-state index in [-0.39, 0.29) is 17.4 Å². The first-order valence-corrected chi connectivity index (χ1v) is 11.2. The van der Waals surface area contributed by atoms with Gasteiger partial charge in [-0.15, -0.1) is 11.3 Å². The summed E-state index contributed by atoms with van der Waals surface area (Å²) in [6, 6.07) is 15.1. The Balaban J connectivity index is 1.37. The SMILES string of the molecule is O=C(NCc1ccco1)C1CCN(c2nc3ccsc3c(=O)n2-c2ccccc2)CC1. The van der Waals surface area contributed by atoms with Crippen molar-refractivity contribution in [2.45, 2.75) is 19.4 Å². The van der Waals surface area contributed by atoms with Gasteiger partial charge in [-0.25, -0.2) is 9.55 Å². The molecule has 1 aliphatic heterocycles. The number of nitrogens with one attached hydrogen (secondary N) is 1. The summed E-state index contributed by atoms with van der Waals surface area (Å²) in [5.41, 5.74) is 1.46. The highest BCUT2D eigenvalue weighted by Gasteiger charge is 2.28. The Morgan fingerprint density at radius 1 is 1.13 bits per heavy atom. The summed E-state index contributed by atoms with van der Waals surface area (Å²) in [4.78, 5) is 32.8. The second-order valence-electron chi connectivity index (χ2n) is 7.58. The van der Waals surface area contributed by atoms with E-state index in [0.29, 0.717) is 43.1 Å². The topological polar surface area (TPSA) is 80.4 Å². The first kappa shape index (κ1) is 19.6. The van der Waals surface area contributed by atoms with Crippen LogP contribution in [-0.2, 0) is 11.3 Å². The molecule has 0 bridgehead atoms. The number of carbonyl (C=O) groups excluding carboxylic acids is 1. The van der Waals surface area contributed by atoms with E-state index in [0.717, 1.165) is 17.0 Å². The standard InChI is InChI=1S/C23H22N4O3S/c28-21(24-15-18-7-4-13-30-18)16-8-11-26(12-9-16)23-25-19-10-14-31-20(19)22(29)27(23)17-5-2-1-3-6-17/h1-7,10,13-14,16H,8-9,11-12,15H2,(H,24,28). The predicted octanol–water partition coefficient (Wildman–Crippen LogP) is 3.57. The van der Waals surface area contributed by atoms with Crippen molar-refractivity contribution < 1.29 is 9.21 Å². The number of rotatable bonds is 5. The van der Waals surface area contributed by atoms with Crippen molar-refractivity contribution in [1.82, 2.24) is 14.9 Å². The van der Waals surface area contributed by atoms with Gasteiger partial charge in [0.25, 0.3) is 5.56 Å². The lowest BCUT2D eigenvalue weighted by atomic mass is 9.96. The van der Waals surface area contributed by atoms with Gasteiger partial charge >= 0.3 is 0 Å². The molecule has 5 rings (SSSR count). The van der Waals surface area contributed by atoms with Gasteiger partial charge in [0.15, 0.2) is 0 Å². The molecule has 4 aromatic rings. The number of nitrogens with zero attached hydrogens (tertiary/aromatic N) is 3. The molecule has 3 aromatic heterocycles. The number of fused-ring (bicyclic) bond motifs is 1. The lowest BCUT2D eigenvalue weighted by Crippen LogP contribution is -2.42. The summed E-state index contributed by atoms with van der Waals surface area (Å²) in [6.07, 6.45) is 3.01. The van der Waals surface area contributed by atoms with Crippen molar-refractivity contribution in [2.24, 2.45) is 5.92 Å². The van der Waals surface area contributed by atoms with Crippen molar-refractivity contribution in [1.29, 1.82) is 0 Å². The third-order valence-electron chi connectivity index (χ3n) is 5.64. The average molecular weight is 435 g/mol. The predicted molar refractivity (Wildman–Crippen MR) is 121 cm³/mol. The molecular weight excluding hydrogens is 412 g/mol. The molecule has 1 aliphatic rings. The Labute approximate surface area is 182 Å². The van der Waals surface area contributed by atoms with E-state index in [1.807, 2.05) is 53.9 Å². The van der Waals surface area contributed by atoms with Crippen molar-refractivity contribution >= 4 is 33.4 Å². The molecule has 0 atom stereocenters. The normalized spacial score (nSPS) is 14.8. The molecule has 1 amide bonds.